The molecule has 0 amide bonds. The van der Waals surface area contributed by atoms with Gasteiger partial charge in [-0.05, 0) is 36.1 Å². The van der Waals surface area contributed by atoms with Gasteiger partial charge in [-0.15, -0.1) is 0 Å². The zero-order valence-electron chi connectivity index (χ0n) is 11.8. The molecule has 3 N–H and O–H groups in total. The minimum Gasteiger partial charge on any atom is -0.383 e. The molecule has 2 aromatic carbocycles. The van der Waals surface area contributed by atoms with E-state index in [-0.39, 0.29) is 5.54 Å². The van der Waals surface area contributed by atoms with E-state index in [2.05, 4.69) is 53.8 Å². The Morgan fingerprint density at radius 1 is 0.850 bits per heavy atom. The van der Waals surface area contributed by atoms with Crippen molar-refractivity contribution in [1.29, 1.82) is 0 Å². The molecule has 2 aromatic rings. The summed E-state index contributed by atoms with van der Waals surface area (Å²) in [6.45, 7) is 0.873. The smallest absolute Gasteiger partial charge is 0.0341 e. The number of nitrogens with two attached hydrogens (primary N) is 1. The monoisotopic (exact) mass is 266 g/mol. The SMILES string of the molecule is NC1(CNc2ccc(-c3ccccc3)cc2)CCCC1. The van der Waals surface area contributed by atoms with E-state index in [9.17, 15) is 0 Å². The number of hydrogen-bond acceptors (Lipinski definition) is 2. The molecule has 1 saturated carbocycles. The Morgan fingerprint density at radius 3 is 2.10 bits per heavy atom. The molecule has 0 atom stereocenters. The third-order valence-corrected chi connectivity index (χ3v) is 4.24. The molecule has 3 rings (SSSR count). The number of hydrogen-bond donors (Lipinski definition) is 2. The van der Waals surface area contributed by atoms with Gasteiger partial charge in [-0.3, -0.25) is 0 Å². The third kappa shape index (κ3) is 3.02. The van der Waals surface area contributed by atoms with Crippen LogP contribution >= 0.6 is 0 Å². The first-order valence-corrected chi connectivity index (χ1v) is 7.43. The van der Waals surface area contributed by atoms with Crippen LogP contribution < -0.4 is 11.1 Å². The predicted molar refractivity (Wildman–Crippen MR) is 85.8 cm³/mol. The Kier molecular flexibility index (Phi) is 3.75. The third-order valence-electron chi connectivity index (χ3n) is 4.24. The fourth-order valence-electron chi connectivity index (χ4n) is 2.95. The van der Waals surface area contributed by atoms with Gasteiger partial charge in [-0.25, -0.2) is 0 Å². The quantitative estimate of drug-likeness (QED) is 0.876. The van der Waals surface area contributed by atoms with Crippen LogP contribution in [0.5, 0.6) is 0 Å². The topological polar surface area (TPSA) is 38.0 Å². The number of anilines is 1. The molecule has 1 fully saturated rings. The van der Waals surface area contributed by atoms with Crippen LogP contribution in [0.4, 0.5) is 5.69 Å². The summed E-state index contributed by atoms with van der Waals surface area (Å²) in [6.07, 6.45) is 4.82. The fraction of sp³-hybridized carbons (Fsp3) is 0.333. The van der Waals surface area contributed by atoms with E-state index in [1.807, 2.05) is 6.07 Å². The van der Waals surface area contributed by atoms with Gasteiger partial charge in [0.15, 0.2) is 0 Å². The van der Waals surface area contributed by atoms with E-state index in [4.69, 9.17) is 5.73 Å². The fourth-order valence-corrected chi connectivity index (χ4v) is 2.95. The van der Waals surface area contributed by atoms with Crippen LogP contribution in [0.3, 0.4) is 0 Å². The highest BCUT2D eigenvalue weighted by molar-refractivity contribution is 5.65. The van der Waals surface area contributed by atoms with Crippen molar-refractivity contribution in [3.05, 3.63) is 54.6 Å². The molecule has 0 bridgehead atoms. The van der Waals surface area contributed by atoms with Gasteiger partial charge in [0.25, 0.3) is 0 Å². The van der Waals surface area contributed by atoms with Crippen LogP contribution in [0, 0.1) is 0 Å². The molecular weight excluding hydrogens is 244 g/mol. The lowest BCUT2D eigenvalue weighted by Crippen LogP contribution is -2.43. The van der Waals surface area contributed by atoms with Gasteiger partial charge in [-0.2, -0.15) is 0 Å². The molecule has 1 aliphatic carbocycles. The number of rotatable bonds is 4. The summed E-state index contributed by atoms with van der Waals surface area (Å²) in [5, 5.41) is 3.48. The first-order valence-electron chi connectivity index (χ1n) is 7.43. The zero-order chi connectivity index (χ0) is 13.8. The molecule has 0 radical (unpaired) electrons. The van der Waals surface area contributed by atoms with Gasteiger partial charge in [0, 0.05) is 17.8 Å². The molecule has 0 aromatic heterocycles. The lowest BCUT2D eigenvalue weighted by atomic mass is 9.99. The molecule has 0 unspecified atom stereocenters. The van der Waals surface area contributed by atoms with Crippen molar-refractivity contribution in [2.45, 2.75) is 31.2 Å². The molecule has 2 nitrogen and oxygen atoms in total. The summed E-state index contributed by atoms with van der Waals surface area (Å²) in [4.78, 5) is 0. The average Bonchev–Trinajstić information content (AvgIpc) is 2.94. The lowest BCUT2D eigenvalue weighted by Gasteiger charge is -2.24. The van der Waals surface area contributed by atoms with E-state index in [1.165, 1.54) is 24.0 Å². The molecule has 0 heterocycles. The number of nitrogens with one attached hydrogen (secondary N) is 1. The summed E-state index contributed by atoms with van der Waals surface area (Å²) in [6, 6.07) is 19.1. The predicted octanol–water partition coefficient (Wildman–Crippen LogP) is 4.04. The standard InChI is InChI=1S/C18H22N2/c19-18(12-4-5-13-18)14-20-17-10-8-16(9-11-17)15-6-2-1-3-7-15/h1-3,6-11,20H,4-5,12-14,19H2. The van der Waals surface area contributed by atoms with Crippen molar-refractivity contribution in [1.82, 2.24) is 0 Å². The Hall–Kier alpha value is -1.80. The molecule has 20 heavy (non-hydrogen) atoms. The molecular formula is C18H22N2. The molecule has 0 saturated heterocycles. The normalized spacial score (nSPS) is 17.1. The van der Waals surface area contributed by atoms with E-state index in [0.29, 0.717) is 0 Å². The van der Waals surface area contributed by atoms with E-state index >= 15 is 0 Å². The van der Waals surface area contributed by atoms with Crippen LogP contribution in [0.15, 0.2) is 54.6 Å². The van der Waals surface area contributed by atoms with Crippen molar-refractivity contribution >= 4 is 5.69 Å². The highest BCUT2D eigenvalue weighted by Gasteiger charge is 2.28. The van der Waals surface area contributed by atoms with Gasteiger partial charge in [0.2, 0.25) is 0 Å². The van der Waals surface area contributed by atoms with Gasteiger partial charge in [0.1, 0.15) is 0 Å². The summed E-state index contributed by atoms with van der Waals surface area (Å²) < 4.78 is 0. The minimum atomic E-state index is -0.00188. The Balaban J connectivity index is 1.64. The van der Waals surface area contributed by atoms with Crippen LogP contribution in [0.25, 0.3) is 11.1 Å². The summed E-state index contributed by atoms with van der Waals surface area (Å²) in [7, 11) is 0. The van der Waals surface area contributed by atoms with Crippen molar-refractivity contribution in [3.63, 3.8) is 0 Å². The summed E-state index contributed by atoms with van der Waals surface area (Å²) in [5.41, 5.74) is 10.0. The van der Waals surface area contributed by atoms with E-state index in [1.54, 1.807) is 0 Å². The van der Waals surface area contributed by atoms with Gasteiger partial charge < -0.3 is 11.1 Å². The number of benzene rings is 2. The van der Waals surface area contributed by atoms with Gasteiger partial charge >= 0.3 is 0 Å². The molecule has 2 heteroatoms. The van der Waals surface area contributed by atoms with Crippen molar-refractivity contribution in [3.8, 4) is 11.1 Å². The first kappa shape index (κ1) is 13.2. The molecule has 104 valence electrons. The maximum atomic E-state index is 6.37. The summed E-state index contributed by atoms with van der Waals surface area (Å²) >= 11 is 0. The van der Waals surface area contributed by atoms with E-state index < -0.39 is 0 Å². The average molecular weight is 266 g/mol. The van der Waals surface area contributed by atoms with Crippen molar-refractivity contribution in [2.24, 2.45) is 5.73 Å². The summed E-state index contributed by atoms with van der Waals surface area (Å²) in [5.74, 6) is 0. The van der Waals surface area contributed by atoms with E-state index in [0.717, 1.165) is 25.1 Å². The Bertz CT molecular complexity index is 539. The second kappa shape index (κ2) is 5.68. The Labute approximate surface area is 121 Å². The highest BCUT2D eigenvalue weighted by atomic mass is 14.9. The lowest BCUT2D eigenvalue weighted by molar-refractivity contribution is 0.464. The minimum absolute atomic E-state index is 0.00188. The van der Waals surface area contributed by atoms with Crippen molar-refractivity contribution in [2.75, 3.05) is 11.9 Å². The molecule has 0 spiro atoms. The Morgan fingerprint density at radius 2 is 1.45 bits per heavy atom. The highest BCUT2D eigenvalue weighted by Crippen LogP contribution is 2.28. The van der Waals surface area contributed by atoms with Crippen molar-refractivity contribution < 1.29 is 0 Å². The second-order valence-electron chi connectivity index (χ2n) is 5.87. The molecule has 1 aliphatic rings. The first-order chi connectivity index (χ1) is 9.75. The van der Waals surface area contributed by atoms with Crippen LogP contribution in [-0.2, 0) is 0 Å². The zero-order valence-corrected chi connectivity index (χ0v) is 11.8. The second-order valence-corrected chi connectivity index (χ2v) is 5.87. The van der Waals surface area contributed by atoms with Gasteiger partial charge in [-0.1, -0.05) is 55.3 Å². The molecule has 0 aliphatic heterocycles. The van der Waals surface area contributed by atoms with Crippen LogP contribution in [-0.4, -0.2) is 12.1 Å². The van der Waals surface area contributed by atoms with Crippen LogP contribution in [0.2, 0.25) is 0 Å². The maximum absolute atomic E-state index is 6.37. The maximum Gasteiger partial charge on any atom is 0.0341 e. The largest absolute Gasteiger partial charge is 0.383 e. The van der Waals surface area contributed by atoms with Crippen LogP contribution in [0.1, 0.15) is 25.7 Å². The van der Waals surface area contributed by atoms with Gasteiger partial charge in [0.05, 0.1) is 0 Å².